The largest absolute Gasteiger partial charge is 0.369 e. The SMILES string of the molecule is CNC(C)c1cc(Br)ccc1N1CCCCCC1C. The molecule has 0 spiro atoms. The van der Waals surface area contributed by atoms with Crippen LogP contribution in [0.5, 0.6) is 0 Å². The van der Waals surface area contributed by atoms with E-state index in [1.54, 1.807) is 0 Å². The summed E-state index contributed by atoms with van der Waals surface area (Å²) in [6, 6.07) is 7.72. The van der Waals surface area contributed by atoms with Crippen LogP contribution in [0.4, 0.5) is 5.69 Å². The second-order valence-electron chi connectivity index (χ2n) is 5.61. The lowest BCUT2D eigenvalue weighted by Crippen LogP contribution is -2.34. The first kappa shape index (κ1) is 14.9. The van der Waals surface area contributed by atoms with E-state index in [4.69, 9.17) is 0 Å². The minimum Gasteiger partial charge on any atom is -0.369 e. The van der Waals surface area contributed by atoms with E-state index >= 15 is 0 Å². The average Bonchev–Trinajstić information content (AvgIpc) is 2.62. The Kier molecular flexibility index (Phi) is 5.28. The molecule has 1 heterocycles. The number of anilines is 1. The molecule has 1 N–H and O–H groups in total. The van der Waals surface area contributed by atoms with Crippen LogP contribution in [-0.2, 0) is 0 Å². The van der Waals surface area contributed by atoms with Gasteiger partial charge in [0.1, 0.15) is 0 Å². The Bertz CT molecular complexity index is 419. The summed E-state index contributed by atoms with van der Waals surface area (Å²) in [4.78, 5) is 2.60. The number of hydrogen-bond acceptors (Lipinski definition) is 2. The zero-order chi connectivity index (χ0) is 13.8. The fraction of sp³-hybridized carbons (Fsp3) is 0.625. The van der Waals surface area contributed by atoms with Crippen molar-refractivity contribution in [2.45, 2.75) is 51.6 Å². The van der Waals surface area contributed by atoms with Gasteiger partial charge in [-0.05, 0) is 57.5 Å². The Morgan fingerprint density at radius 2 is 2.11 bits per heavy atom. The quantitative estimate of drug-likeness (QED) is 0.880. The first-order valence-electron chi connectivity index (χ1n) is 7.37. The van der Waals surface area contributed by atoms with Crippen LogP contribution in [0.15, 0.2) is 22.7 Å². The third kappa shape index (κ3) is 3.51. The molecule has 0 radical (unpaired) electrons. The molecule has 2 unspecified atom stereocenters. The predicted molar refractivity (Wildman–Crippen MR) is 86.9 cm³/mol. The number of nitrogens with zero attached hydrogens (tertiary/aromatic N) is 1. The van der Waals surface area contributed by atoms with E-state index in [-0.39, 0.29) is 0 Å². The lowest BCUT2D eigenvalue weighted by atomic mass is 10.0. The van der Waals surface area contributed by atoms with Gasteiger partial charge in [0.05, 0.1) is 0 Å². The fourth-order valence-corrected chi connectivity index (χ4v) is 3.30. The third-order valence-corrected chi connectivity index (χ3v) is 4.74. The van der Waals surface area contributed by atoms with Crippen molar-refractivity contribution in [1.82, 2.24) is 5.32 Å². The monoisotopic (exact) mass is 324 g/mol. The molecule has 1 fully saturated rings. The number of halogens is 1. The van der Waals surface area contributed by atoms with Crippen LogP contribution in [-0.4, -0.2) is 19.6 Å². The highest BCUT2D eigenvalue weighted by Crippen LogP contribution is 2.32. The highest BCUT2D eigenvalue weighted by Gasteiger charge is 2.21. The molecule has 0 aromatic heterocycles. The van der Waals surface area contributed by atoms with E-state index in [0.717, 1.165) is 4.47 Å². The lowest BCUT2D eigenvalue weighted by molar-refractivity contribution is 0.602. The smallest absolute Gasteiger partial charge is 0.0417 e. The minimum atomic E-state index is 0.378. The normalized spacial score (nSPS) is 22.1. The van der Waals surface area contributed by atoms with Gasteiger partial charge in [-0.25, -0.2) is 0 Å². The second kappa shape index (κ2) is 6.76. The molecule has 2 rings (SSSR count). The van der Waals surface area contributed by atoms with Gasteiger partial charge in [0.25, 0.3) is 0 Å². The summed E-state index contributed by atoms with van der Waals surface area (Å²) in [7, 11) is 2.03. The summed E-state index contributed by atoms with van der Waals surface area (Å²) < 4.78 is 1.16. The van der Waals surface area contributed by atoms with Gasteiger partial charge in [0.15, 0.2) is 0 Å². The van der Waals surface area contributed by atoms with Crippen LogP contribution in [0, 0.1) is 0 Å². The Labute approximate surface area is 125 Å². The van der Waals surface area contributed by atoms with Gasteiger partial charge in [-0.2, -0.15) is 0 Å². The van der Waals surface area contributed by atoms with Crippen molar-refractivity contribution in [3.05, 3.63) is 28.2 Å². The topological polar surface area (TPSA) is 15.3 Å². The van der Waals surface area contributed by atoms with Crippen LogP contribution < -0.4 is 10.2 Å². The van der Waals surface area contributed by atoms with E-state index in [1.807, 2.05) is 7.05 Å². The molecular formula is C16H25BrN2. The maximum absolute atomic E-state index is 3.60. The van der Waals surface area contributed by atoms with Crippen LogP contribution >= 0.6 is 15.9 Å². The van der Waals surface area contributed by atoms with E-state index in [2.05, 4.69) is 58.2 Å². The van der Waals surface area contributed by atoms with Crippen molar-refractivity contribution in [3.63, 3.8) is 0 Å². The van der Waals surface area contributed by atoms with Crippen LogP contribution in [0.3, 0.4) is 0 Å². The summed E-state index contributed by atoms with van der Waals surface area (Å²) in [6.07, 6.45) is 5.36. The number of rotatable bonds is 3. The Morgan fingerprint density at radius 3 is 2.84 bits per heavy atom. The highest BCUT2D eigenvalue weighted by molar-refractivity contribution is 9.10. The maximum Gasteiger partial charge on any atom is 0.0417 e. The molecule has 1 aliphatic rings. The maximum atomic E-state index is 3.60. The predicted octanol–water partition coefficient (Wildman–Crippen LogP) is 4.50. The van der Waals surface area contributed by atoms with Crippen molar-refractivity contribution in [3.8, 4) is 0 Å². The van der Waals surface area contributed by atoms with Gasteiger partial charge in [-0.3, -0.25) is 0 Å². The number of benzene rings is 1. The number of nitrogens with one attached hydrogen (secondary N) is 1. The van der Waals surface area contributed by atoms with Gasteiger partial charge < -0.3 is 10.2 Å². The first-order chi connectivity index (χ1) is 9.13. The molecule has 0 amide bonds. The molecule has 1 aromatic rings. The van der Waals surface area contributed by atoms with Crippen molar-refractivity contribution in [1.29, 1.82) is 0 Å². The molecule has 1 saturated heterocycles. The van der Waals surface area contributed by atoms with Crippen LogP contribution in [0.1, 0.15) is 51.1 Å². The molecule has 2 nitrogen and oxygen atoms in total. The van der Waals surface area contributed by atoms with Gasteiger partial charge >= 0.3 is 0 Å². The third-order valence-electron chi connectivity index (χ3n) is 4.25. The lowest BCUT2D eigenvalue weighted by Gasteiger charge is -2.33. The van der Waals surface area contributed by atoms with Gasteiger partial charge in [-0.15, -0.1) is 0 Å². The van der Waals surface area contributed by atoms with E-state index in [0.29, 0.717) is 12.1 Å². The standard InChI is InChI=1S/C16H25BrN2/c1-12-7-5-4-6-10-19(12)16-9-8-14(17)11-15(16)13(2)18-3/h8-9,11-13,18H,4-7,10H2,1-3H3. The molecule has 0 bridgehead atoms. The van der Waals surface area contributed by atoms with Crippen molar-refractivity contribution < 1.29 is 0 Å². The molecular weight excluding hydrogens is 300 g/mol. The Hall–Kier alpha value is -0.540. The molecule has 19 heavy (non-hydrogen) atoms. The molecule has 0 aliphatic carbocycles. The van der Waals surface area contributed by atoms with Crippen LogP contribution in [0.2, 0.25) is 0 Å². The minimum absolute atomic E-state index is 0.378. The first-order valence-corrected chi connectivity index (χ1v) is 8.16. The van der Waals surface area contributed by atoms with Gasteiger partial charge in [0.2, 0.25) is 0 Å². The average molecular weight is 325 g/mol. The molecule has 106 valence electrons. The molecule has 3 heteroatoms. The second-order valence-corrected chi connectivity index (χ2v) is 6.52. The summed E-state index contributed by atoms with van der Waals surface area (Å²) >= 11 is 3.60. The highest BCUT2D eigenvalue weighted by atomic mass is 79.9. The molecule has 0 saturated carbocycles. The van der Waals surface area contributed by atoms with Crippen molar-refractivity contribution in [2.24, 2.45) is 0 Å². The zero-order valence-corrected chi connectivity index (χ0v) is 13.8. The summed E-state index contributed by atoms with van der Waals surface area (Å²) in [5.41, 5.74) is 2.80. The summed E-state index contributed by atoms with van der Waals surface area (Å²) in [6.45, 7) is 5.78. The van der Waals surface area contributed by atoms with Gasteiger partial charge in [0, 0.05) is 28.8 Å². The van der Waals surface area contributed by atoms with E-state index < -0.39 is 0 Å². The van der Waals surface area contributed by atoms with Crippen molar-refractivity contribution >= 4 is 21.6 Å². The molecule has 2 atom stereocenters. The van der Waals surface area contributed by atoms with Gasteiger partial charge in [-0.1, -0.05) is 28.8 Å². The number of hydrogen-bond donors (Lipinski definition) is 1. The molecule has 1 aromatic carbocycles. The van der Waals surface area contributed by atoms with E-state index in [1.165, 1.54) is 43.5 Å². The fourth-order valence-electron chi connectivity index (χ4n) is 2.92. The Morgan fingerprint density at radius 1 is 1.32 bits per heavy atom. The van der Waals surface area contributed by atoms with Crippen molar-refractivity contribution in [2.75, 3.05) is 18.5 Å². The molecule has 1 aliphatic heterocycles. The van der Waals surface area contributed by atoms with Crippen LogP contribution in [0.25, 0.3) is 0 Å². The van der Waals surface area contributed by atoms with E-state index in [9.17, 15) is 0 Å². The summed E-state index contributed by atoms with van der Waals surface area (Å²) in [5, 5.41) is 3.37. The summed E-state index contributed by atoms with van der Waals surface area (Å²) in [5.74, 6) is 0. The zero-order valence-electron chi connectivity index (χ0n) is 12.2. The Balaban J connectivity index is 2.36.